The second-order valence-corrected chi connectivity index (χ2v) is 5.96. The van der Waals surface area contributed by atoms with E-state index in [-0.39, 0.29) is 5.91 Å². The van der Waals surface area contributed by atoms with Gasteiger partial charge in [0.05, 0.1) is 23.7 Å². The lowest BCUT2D eigenvalue weighted by molar-refractivity contribution is 0.102. The van der Waals surface area contributed by atoms with E-state index in [0.717, 1.165) is 18.6 Å². The Morgan fingerprint density at radius 2 is 2.00 bits per heavy atom. The molecule has 0 aliphatic rings. The van der Waals surface area contributed by atoms with Crippen molar-refractivity contribution in [2.45, 2.75) is 6.54 Å². The fourth-order valence-corrected chi connectivity index (χ4v) is 2.40. The third-order valence-electron chi connectivity index (χ3n) is 3.81. The minimum atomic E-state index is -0.227. The molecule has 3 rings (SSSR count). The first kappa shape index (κ1) is 16.6. The van der Waals surface area contributed by atoms with Crippen LogP contribution in [-0.4, -0.2) is 46.4 Å². The number of nitrogens with one attached hydrogen (secondary N) is 1. The van der Waals surface area contributed by atoms with Gasteiger partial charge in [-0.15, -0.1) is 5.10 Å². The summed E-state index contributed by atoms with van der Waals surface area (Å²) < 4.78 is 1.83. The summed E-state index contributed by atoms with van der Waals surface area (Å²) in [7, 11) is 4.01. The van der Waals surface area contributed by atoms with E-state index in [2.05, 4.69) is 20.5 Å². The molecule has 3 aromatic rings. The van der Waals surface area contributed by atoms with Gasteiger partial charge in [0.1, 0.15) is 5.52 Å². The Labute approximate surface area is 145 Å². The highest BCUT2D eigenvalue weighted by Crippen LogP contribution is 2.16. The van der Waals surface area contributed by atoms with Gasteiger partial charge < -0.3 is 10.2 Å². The van der Waals surface area contributed by atoms with Crippen molar-refractivity contribution < 1.29 is 4.79 Å². The molecule has 0 spiro atoms. The van der Waals surface area contributed by atoms with Crippen LogP contribution in [0.3, 0.4) is 0 Å². The van der Waals surface area contributed by atoms with Crippen LogP contribution in [0.25, 0.3) is 11.0 Å². The second-order valence-electron chi connectivity index (χ2n) is 5.96. The summed E-state index contributed by atoms with van der Waals surface area (Å²) in [6.45, 7) is 1.60. The molecular formula is C18H18N6O. The Balaban J connectivity index is 1.76. The van der Waals surface area contributed by atoms with E-state index in [4.69, 9.17) is 5.26 Å². The molecule has 7 heteroatoms. The summed E-state index contributed by atoms with van der Waals surface area (Å²) in [5.74, 6) is -0.227. The SMILES string of the molecule is CN(C)CCn1nnc2cc(C(=O)Nc3ccc(C#N)cc3)ccc21. The molecule has 0 unspecified atom stereocenters. The van der Waals surface area contributed by atoms with Gasteiger partial charge in [-0.1, -0.05) is 5.21 Å². The standard InChI is InChI=1S/C18H18N6O/c1-23(2)9-10-24-17-8-5-14(11-16(17)21-22-24)18(25)20-15-6-3-13(12-19)4-7-15/h3-8,11H,9-10H2,1-2H3,(H,20,25). The van der Waals surface area contributed by atoms with Crippen LogP contribution in [0.2, 0.25) is 0 Å². The van der Waals surface area contributed by atoms with E-state index in [9.17, 15) is 4.79 Å². The third kappa shape index (κ3) is 3.82. The molecule has 0 saturated carbocycles. The number of benzene rings is 2. The number of carbonyl (C=O) groups is 1. The van der Waals surface area contributed by atoms with Gasteiger partial charge in [-0.2, -0.15) is 5.26 Å². The number of hydrogen-bond donors (Lipinski definition) is 1. The minimum absolute atomic E-state index is 0.227. The van der Waals surface area contributed by atoms with Crippen molar-refractivity contribution in [2.75, 3.05) is 26.0 Å². The van der Waals surface area contributed by atoms with Crippen LogP contribution in [-0.2, 0) is 6.54 Å². The van der Waals surface area contributed by atoms with Crippen molar-refractivity contribution in [1.82, 2.24) is 19.9 Å². The molecule has 0 aliphatic heterocycles. The van der Waals surface area contributed by atoms with E-state index in [1.165, 1.54) is 0 Å². The summed E-state index contributed by atoms with van der Waals surface area (Å²) >= 11 is 0. The number of nitriles is 1. The predicted octanol–water partition coefficient (Wildman–Crippen LogP) is 2.12. The highest BCUT2D eigenvalue weighted by atomic mass is 16.1. The van der Waals surface area contributed by atoms with Crippen LogP contribution in [0.1, 0.15) is 15.9 Å². The molecule has 0 saturated heterocycles. The molecule has 1 amide bonds. The van der Waals surface area contributed by atoms with Crippen molar-refractivity contribution >= 4 is 22.6 Å². The van der Waals surface area contributed by atoms with Gasteiger partial charge in [0.25, 0.3) is 5.91 Å². The maximum Gasteiger partial charge on any atom is 0.255 e. The minimum Gasteiger partial charge on any atom is -0.322 e. The van der Waals surface area contributed by atoms with Gasteiger partial charge in [0.2, 0.25) is 0 Å². The van der Waals surface area contributed by atoms with Gasteiger partial charge >= 0.3 is 0 Å². The van der Waals surface area contributed by atoms with E-state index < -0.39 is 0 Å². The number of anilines is 1. The number of fused-ring (bicyclic) bond motifs is 1. The first-order chi connectivity index (χ1) is 12.1. The lowest BCUT2D eigenvalue weighted by Gasteiger charge is -2.09. The zero-order valence-corrected chi connectivity index (χ0v) is 14.1. The largest absolute Gasteiger partial charge is 0.322 e. The molecule has 126 valence electrons. The van der Waals surface area contributed by atoms with Gasteiger partial charge in [0.15, 0.2) is 0 Å². The number of rotatable bonds is 5. The van der Waals surface area contributed by atoms with Crippen LogP contribution in [0, 0.1) is 11.3 Å². The molecule has 0 fully saturated rings. The quantitative estimate of drug-likeness (QED) is 0.772. The molecule has 7 nitrogen and oxygen atoms in total. The lowest BCUT2D eigenvalue weighted by Crippen LogP contribution is -2.19. The third-order valence-corrected chi connectivity index (χ3v) is 3.81. The van der Waals surface area contributed by atoms with E-state index in [1.54, 1.807) is 36.4 Å². The number of hydrogen-bond acceptors (Lipinski definition) is 5. The summed E-state index contributed by atoms with van der Waals surface area (Å²) in [5, 5.41) is 19.9. The Morgan fingerprint density at radius 1 is 1.24 bits per heavy atom. The first-order valence-electron chi connectivity index (χ1n) is 7.86. The number of likely N-dealkylation sites (N-methyl/N-ethyl adjacent to an activating group) is 1. The molecule has 0 atom stereocenters. The molecule has 25 heavy (non-hydrogen) atoms. The fourth-order valence-electron chi connectivity index (χ4n) is 2.40. The van der Waals surface area contributed by atoms with Crippen LogP contribution >= 0.6 is 0 Å². The molecule has 0 bridgehead atoms. The summed E-state index contributed by atoms with van der Waals surface area (Å²) in [6.07, 6.45) is 0. The number of carbonyl (C=O) groups excluding carboxylic acids is 1. The van der Waals surface area contributed by atoms with Crippen molar-refractivity contribution in [2.24, 2.45) is 0 Å². The van der Waals surface area contributed by atoms with Crippen LogP contribution in [0.4, 0.5) is 5.69 Å². The highest BCUT2D eigenvalue weighted by Gasteiger charge is 2.11. The topological polar surface area (TPSA) is 86.8 Å². The molecule has 1 N–H and O–H groups in total. The maximum absolute atomic E-state index is 12.4. The number of aromatic nitrogens is 3. The van der Waals surface area contributed by atoms with Crippen molar-refractivity contribution in [1.29, 1.82) is 5.26 Å². The predicted molar refractivity (Wildman–Crippen MR) is 95.2 cm³/mol. The van der Waals surface area contributed by atoms with Crippen molar-refractivity contribution in [3.63, 3.8) is 0 Å². The van der Waals surface area contributed by atoms with Crippen molar-refractivity contribution in [3.8, 4) is 6.07 Å². The first-order valence-corrected chi connectivity index (χ1v) is 7.86. The fraction of sp³-hybridized carbons (Fsp3) is 0.222. The number of nitrogens with zero attached hydrogens (tertiary/aromatic N) is 5. The zero-order valence-electron chi connectivity index (χ0n) is 14.1. The molecular weight excluding hydrogens is 316 g/mol. The highest BCUT2D eigenvalue weighted by molar-refractivity contribution is 6.05. The molecule has 1 aromatic heterocycles. The Morgan fingerprint density at radius 3 is 2.68 bits per heavy atom. The lowest BCUT2D eigenvalue weighted by atomic mass is 10.1. The van der Waals surface area contributed by atoms with Gasteiger partial charge in [-0.05, 0) is 56.6 Å². The van der Waals surface area contributed by atoms with Gasteiger partial charge in [-0.25, -0.2) is 4.68 Å². The Bertz CT molecular complexity index is 936. The van der Waals surface area contributed by atoms with Crippen LogP contribution in [0.5, 0.6) is 0 Å². The smallest absolute Gasteiger partial charge is 0.255 e. The average molecular weight is 334 g/mol. The molecule has 0 aliphatic carbocycles. The van der Waals surface area contributed by atoms with E-state index in [0.29, 0.717) is 22.3 Å². The second kappa shape index (κ2) is 7.11. The zero-order chi connectivity index (χ0) is 17.8. The summed E-state index contributed by atoms with van der Waals surface area (Å²) in [5.41, 5.74) is 3.28. The normalized spacial score (nSPS) is 10.8. The summed E-state index contributed by atoms with van der Waals surface area (Å²) in [4.78, 5) is 14.5. The molecule has 2 aromatic carbocycles. The van der Waals surface area contributed by atoms with E-state index >= 15 is 0 Å². The molecule has 1 heterocycles. The Kier molecular flexibility index (Phi) is 4.73. The van der Waals surface area contributed by atoms with Crippen molar-refractivity contribution in [3.05, 3.63) is 53.6 Å². The van der Waals surface area contributed by atoms with E-state index in [1.807, 2.05) is 30.9 Å². The Hall–Kier alpha value is -3.24. The van der Waals surface area contributed by atoms with Crippen LogP contribution in [0.15, 0.2) is 42.5 Å². The van der Waals surface area contributed by atoms with Gasteiger partial charge in [-0.3, -0.25) is 4.79 Å². The van der Waals surface area contributed by atoms with Gasteiger partial charge in [0, 0.05) is 17.8 Å². The average Bonchev–Trinajstić information content (AvgIpc) is 3.02. The summed E-state index contributed by atoms with van der Waals surface area (Å²) in [6, 6.07) is 14.1. The maximum atomic E-state index is 12.4. The van der Waals surface area contributed by atoms with Crippen LogP contribution < -0.4 is 5.32 Å². The monoisotopic (exact) mass is 334 g/mol. The molecule has 0 radical (unpaired) electrons. The number of amides is 1.